The first-order valence-electron chi connectivity index (χ1n) is 13.8. The fourth-order valence-electron chi connectivity index (χ4n) is 6.76. The molecule has 9 heteroatoms. The largest absolute Gasteiger partial charge is 0.379 e. The van der Waals surface area contributed by atoms with Crippen molar-refractivity contribution in [2.24, 2.45) is 0 Å². The van der Waals surface area contributed by atoms with Crippen LogP contribution in [0.1, 0.15) is 41.5 Å². The van der Waals surface area contributed by atoms with Crippen molar-refractivity contribution in [3.8, 4) is 22.3 Å². The highest BCUT2D eigenvalue weighted by molar-refractivity contribution is 7.90. The van der Waals surface area contributed by atoms with Crippen LogP contribution in [0.15, 0.2) is 90.3 Å². The Hall–Kier alpha value is -3.56. The molecule has 3 heterocycles. The van der Waals surface area contributed by atoms with Gasteiger partial charge in [-0.3, -0.25) is 0 Å². The molecule has 3 aromatic heterocycles. The van der Waals surface area contributed by atoms with E-state index < -0.39 is 29.9 Å². The summed E-state index contributed by atoms with van der Waals surface area (Å²) in [6, 6.07) is 15.4. The molecular weight excluding hydrogens is 557 g/mol. The lowest BCUT2D eigenvalue weighted by Crippen LogP contribution is -2.51. The molecule has 5 rings (SSSR count). The molecule has 0 aliphatic heterocycles. The minimum absolute atomic E-state index is 0.141. The summed E-state index contributed by atoms with van der Waals surface area (Å²) in [4.78, 5) is 4.67. The van der Waals surface area contributed by atoms with Crippen LogP contribution in [-0.2, 0) is 10.0 Å². The summed E-state index contributed by atoms with van der Waals surface area (Å²) in [5.74, 6) is -1.38. The van der Waals surface area contributed by atoms with Gasteiger partial charge in [-0.25, -0.2) is 26.2 Å². The summed E-state index contributed by atoms with van der Waals surface area (Å²) in [5.41, 5.74) is 3.80. The number of aromatic nitrogens is 3. The zero-order valence-electron chi connectivity index (χ0n) is 24.1. The van der Waals surface area contributed by atoms with Crippen LogP contribution in [0.5, 0.6) is 0 Å². The van der Waals surface area contributed by atoms with Crippen LogP contribution >= 0.6 is 0 Å². The smallest absolute Gasteiger partial charge is 0.269 e. The fraction of sp³-hybridized carbons (Fsp3) is 0.281. The highest BCUT2D eigenvalue weighted by Crippen LogP contribution is 2.44. The second kappa shape index (κ2) is 10.7. The van der Waals surface area contributed by atoms with Crippen molar-refractivity contribution in [3.63, 3.8) is 0 Å². The summed E-state index contributed by atoms with van der Waals surface area (Å²) in [6.45, 7) is 13.7. The van der Waals surface area contributed by atoms with Gasteiger partial charge in [0.25, 0.3) is 10.0 Å². The minimum atomic E-state index is -3.97. The highest BCUT2D eigenvalue weighted by Gasteiger charge is 2.45. The monoisotopic (exact) mass is 591 g/mol. The molecule has 0 saturated carbocycles. The van der Waals surface area contributed by atoms with E-state index in [0.717, 1.165) is 11.6 Å². The Morgan fingerprint density at radius 3 is 2.05 bits per heavy atom. The fourth-order valence-corrected chi connectivity index (χ4v) is 14.6. The minimum Gasteiger partial charge on any atom is -0.379 e. The Balaban J connectivity index is 1.77. The van der Waals surface area contributed by atoms with Crippen LogP contribution in [0.4, 0.5) is 8.78 Å². The van der Waals surface area contributed by atoms with Crippen LogP contribution in [0.3, 0.4) is 0 Å². The lowest BCUT2D eigenvalue weighted by Gasteiger charge is -2.44. The SMILES string of the molecule is CC(C)[Si](C(C)C)(C(C)C)n1ccc(-c2cn(S(=O)(=O)c3ccccc3)c3ncc(-c4ccc(F)cc4F)cc23)c1. The molecule has 214 valence electrons. The molecule has 5 aromatic rings. The van der Waals surface area contributed by atoms with E-state index in [9.17, 15) is 17.2 Å². The number of hydrogen-bond donors (Lipinski definition) is 0. The third-order valence-electron chi connectivity index (χ3n) is 8.38. The second-order valence-corrected chi connectivity index (χ2v) is 19.1. The van der Waals surface area contributed by atoms with Gasteiger partial charge < -0.3 is 4.23 Å². The molecule has 0 atom stereocenters. The maximum Gasteiger partial charge on any atom is 0.269 e. The van der Waals surface area contributed by atoms with Crippen LogP contribution in [0, 0.1) is 11.6 Å². The van der Waals surface area contributed by atoms with Gasteiger partial charge in [0.2, 0.25) is 0 Å². The van der Waals surface area contributed by atoms with E-state index in [0.29, 0.717) is 33.1 Å². The molecule has 41 heavy (non-hydrogen) atoms. The van der Waals surface area contributed by atoms with Crippen molar-refractivity contribution < 1.29 is 17.2 Å². The molecule has 0 fully saturated rings. The third-order valence-corrected chi connectivity index (χ3v) is 16.8. The normalized spacial score (nSPS) is 12.8. The molecule has 0 radical (unpaired) electrons. The predicted molar refractivity (Wildman–Crippen MR) is 164 cm³/mol. The van der Waals surface area contributed by atoms with Crippen molar-refractivity contribution in [1.82, 2.24) is 13.2 Å². The first-order chi connectivity index (χ1) is 19.4. The van der Waals surface area contributed by atoms with Crippen LogP contribution < -0.4 is 0 Å². The Labute approximate surface area is 241 Å². The average molecular weight is 592 g/mol. The van der Waals surface area contributed by atoms with E-state index in [-0.39, 0.29) is 16.1 Å². The lowest BCUT2D eigenvalue weighted by molar-refractivity contribution is 0.585. The molecule has 0 saturated heterocycles. The first kappa shape index (κ1) is 28.9. The van der Waals surface area contributed by atoms with Gasteiger partial charge in [0.15, 0.2) is 13.9 Å². The van der Waals surface area contributed by atoms with Gasteiger partial charge >= 0.3 is 0 Å². The number of pyridine rings is 1. The first-order valence-corrected chi connectivity index (χ1v) is 17.5. The molecule has 0 N–H and O–H groups in total. The summed E-state index contributed by atoms with van der Waals surface area (Å²) >= 11 is 0. The Kier molecular flexibility index (Phi) is 7.54. The van der Waals surface area contributed by atoms with E-state index in [1.807, 2.05) is 6.07 Å². The van der Waals surface area contributed by atoms with Gasteiger partial charge in [0, 0.05) is 52.3 Å². The summed E-state index contributed by atoms with van der Waals surface area (Å²) in [7, 11) is -6.02. The molecule has 5 nitrogen and oxygen atoms in total. The zero-order valence-corrected chi connectivity index (χ0v) is 26.0. The molecule has 0 spiro atoms. The van der Waals surface area contributed by atoms with Gasteiger partial charge in [-0.05, 0) is 59.2 Å². The standard InChI is InChI=1S/C32H35F2N3O2SSi/c1-21(2)41(22(3)4,23(5)6)36-15-14-24(19-36)30-20-37(40(38,39)27-10-8-7-9-11-27)32-29(30)16-25(18-35-32)28-13-12-26(33)17-31(28)34/h7-23H,1-6H3. The van der Waals surface area contributed by atoms with Crippen molar-refractivity contribution in [3.05, 3.63) is 97.1 Å². The van der Waals surface area contributed by atoms with E-state index in [2.05, 4.69) is 63.2 Å². The number of nitrogens with zero attached hydrogens (tertiary/aromatic N) is 3. The molecule has 0 aliphatic carbocycles. The number of fused-ring (bicyclic) bond motifs is 1. The van der Waals surface area contributed by atoms with Gasteiger partial charge in [-0.2, -0.15) is 0 Å². The van der Waals surface area contributed by atoms with E-state index in [4.69, 9.17) is 0 Å². The van der Waals surface area contributed by atoms with Gasteiger partial charge in [-0.15, -0.1) is 0 Å². The van der Waals surface area contributed by atoms with Gasteiger partial charge in [-0.1, -0.05) is 59.7 Å². The number of benzene rings is 2. The van der Waals surface area contributed by atoms with Crippen molar-refractivity contribution in [1.29, 1.82) is 0 Å². The van der Waals surface area contributed by atoms with Gasteiger partial charge in [0.1, 0.15) is 11.6 Å². The Morgan fingerprint density at radius 1 is 0.780 bits per heavy atom. The van der Waals surface area contributed by atoms with Gasteiger partial charge in [0.05, 0.1) is 4.90 Å². The highest BCUT2D eigenvalue weighted by atomic mass is 32.2. The molecule has 2 aromatic carbocycles. The second-order valence-electron chi connectivity index (χ2n) is 11.5. The van der Waals surface area contributed by atoms with Crippen LogP contribution in [-0.4, -0.2) is 29.8 Å². The number of halogens is 2. The van der Waals surface area contributed by atoms with E-state index in [1.165, 1.54) is 22.3 Å². The molecule has 0 unspecified atom stereocenters. The molecular formula is C32H35F2N3O2SSi. The quantitative estimate of drug-likeness (QED) is 0.170. The summed E-state index contributed by atoms with van der Waals surface area (Å²) < 4.78 is 59.6. The Morgan fingerprint density at radius 2 is 1.44 bits per heavy atom. The summed E-state index contributed by atoms with van der Waals surface area (Å²) in [6.07, 6.45) is 7.28. The van der Waals surface area contributed by atoms with E-state index in [1.54, 1.807) is 42.6 Å². The Bertz CT molecular complexity index is 1800. The lowest BCUT2D eigenvalue weighted by atomic mass is 10.0. The zero-order chi connectivity index (χ0) is 29.7. The maximum atomic E-state index is 14.8. The predicted octanol–water partition coefficient (Wildman–Crippen LogP) is 8.71. The van der Waals surface area contributed by atoms with E-state index >= 15 is 0 Å². The average Bonchev–Trinajstić information content (AvgIpc) is 3.54. The van der Waals surface area contributed by atoms with Crippen LogP contribution in [0.25, 0.3) is 33.3 Å². The molecule has 0 amide bonds. The number of rotatable bonds is 8. The van der Waals surface area contributed by atoms with Crippen molar-refractivity contribution in [2.45, 2.75) is 63.1 Å². The van der Waals surface area contributed by atoms with Crippen molar-refractivity contribution >= 4 is 29.3 Å². The number of hydrogen-bond acceptors (Lipinski definition) is 3. The molecule has 0 bridgehead atoms. The van der Waals surface area contributed by atoms with Crippen molar-refractivity contribution in [2.75, 3.05) is 0 Å². The summed E-state index contributed by atoms with van der Waals surface area (Å²) in [5, 5.41) is 0.564. The topological polar surface area (TPSA) is 56.9 Å². The third kappa shape index (κ3) is 4.74. The maximum absolute atomic E-state index is 14.8. The van der Waals surface area contributed by atoms with Crippen LogP contribution in [0.2, 0.25) is 16.6 Å². The molecule has 0 aliphatic rings.